The maximum atomic E-state index is 10.6. The fourth-order valence-corrected chi connectivity index (χ4v) is 1.55. The molecule has 2 aromatic rings. The Hall–Kier alpha value is -2.88. The zero-order chi connectivity index (χ0) is 14.2. The molecule has 0 radical (unpaired) electrons. The molecule has 0 unspecified atom stereocenters. The summed E-state index contributed by atoms with van der Waals surface area (Å²) in [4.78, 5) is 10.6. The van der Waals surface area contributed by atoms with Crippen LogP contribution in [0, 0.1) is 0 Å². The molecule has 0 saturated carbocycles. The Morgan fingerprint density at radius 2 is 1.75 bits per heavy atom. The largest absolute Gasteiger partial charge is 0.545 e. The summed E-state index contributed by atoms with van der Waals surface area (Å²) in [5, 5.41) is 14.6. The molecule has 0 aliphatic carbocycles. The number of hydrogen-bond acceptors (Lipinski definition) is 4. The summed E-state index contributed by atoms with van der Waals surface area (Å²) in [5.74, 6) is -1.19. The first-order valence-corrected chi connectivity index (χ1v) is 6.08. The molecule has 4 nitrogen and oxygen atoms in total. The van der Waals surface area contributed by atoms with E-state index in [9.17, 15) is 9.90 Å². The van der Waals surface area contributed by atoms with Gasteiger partial charge in [-0.25, -0.2) is 0 Å². The number of carbonyl (C=O) groups is 1. The molecule has 0 atom stereocenters. The maximum absolute atomic E-state index is 10.6. The summed E-state index contributed by atoms with van der Waals surface area (Å²) in [6, 6.07) is 16.1. The van der Waals surface area contributed by atoms with Gasteiger partial charge in [0.2, 0.25) is 0 Å². The third kappa shape index (κ3) is 4.10. The van der Waals surface area contributed by atoms with E-state index in [-0.39, 0.29) is 5.56 Å². The summed E-state index contributed by atoms with van der Waals surface area (Å²) < 4.78 is 0. The molecule has 2 aromatic carbocycles. The number of hydrogen-bond donors (Lipinski definition) is 1. The monoisotopic (exact) mass is 265 g/mol. The number of aromatic carboxylic acids is 1. The molecule has 4 heteroatoms. The van der Waals surface area contributed by atoms with E-state index >= 15 is 0 Å². The Balaban J connectivity index is 1.87. The number of hydrazone groups is 1. The minimum Gasteiger partial charge on any atom is -0.545 e. The average Bonchev–Trinajstić information content (AvgIpc) is 2.48. The third-order valence-electron chi connectivity index (χ3n) is 2.56. The van der Waals surface area contributed by atoms with Crippen LogP contribution in [0.1, 0.15) is 15.9 Å². The van der Waals surface area contributed by atoms with Crippen LogP contribution in [0.15, 0.2) is 65.8 Å². The van der Waals surface area contributed by atoms with Crippen LogP contribution in [-0.2, 0) is 0 Å². The van der Waals surface area contributed by atoms with E-state index in [1.165, 1.54) is 12.1 Å². The zero-order valence-electron chi connectivity index (χ0n) is 10.7. The highest BCUT2D eigenvalue weighted by Gasteiger charge is 1.92. The van der Waals surface area contributed by atoms with Crippen LogP contribution < -0.4 is 10.5 Å². The SMILES string of the molecule is O=C([O-])c1ccc(N/N=C\C=C\c2ccccc2)cc1. The normalized spacial score (nSPS) is 11.0. The van der Waals surface area contributed by atoms with Gasteiger partial charge in [0, 0.05) is 6.21 Å². The van der Waals surface area contributed by atoms with Gasteiger partial charge in [0.25, 0.3) is 0 Å². The molecule has 0 aromatic heterocycles. The van der Waals surface area contributed by atoms with Crippen molar-refractivity contribution >= 4 is 23.9 Å². The molecule has 1 N–H and O–H groups in total. The van der Waals surface area contributed by atoms with Gasteiger partial charge in [-0.1, -0.05) is 48.5 Å². The number of nitrogens with one attached hydrogen (secondary N) is 1. The predicted octanol–water partition coefficient (Wildman–Crippen LogP) is 2.16. The second kappa shape index (κ2) is 6.89. The van der Waals surface area contributed by atoms with Gasteiger partial charge >= 0.3 is 0 Å². The topological polar surface area (TPSA) is 64.5 Å². The number of anilines is 1. The Bertz CT molecular complexity index is 617. The maximum Gasteiger partial charge on any atom is 0.0715 e. The fraction of sp³-hybridized carbons (Fsp3) is 0. The first-order valence-electron chi connectivity index (χ1n) is 6.08. The standard InChI is InChI=1S/C16H14N2O2/c19-16(20)14-8-10-15(11-9-14)18-17-12-4-7-13-5-2-1-3-6-13/h1-12,18H,(H,19,20)/p-1/b7-4+,17-12-. The van der Waals surface area contributed by atoms with Crippen molar-refractivity contribution in [3.63, 3.8) is 0 Å². The van der Waals surface area contributed by atoms with Crippen molar-refractivity contribution in [2.24, 2.45) is 5.10 Å². The number of benzene rings is 2. The molecular weight excluding hydrogens is 252 g/mol. The minimum absolute atomic E-state index is 0.142. The number of carbonyl (C=O) groups excluding carboxylic acids is 1. The number of carboxylic acid groups (broad SMARTS) is 1. The summed E-state index contributed by atoms with van der Waals surface area (Å²) in [6.45, 7) is 0. The molecule has 0 spiro atoms. The van der Waals surface area contributed by atoms with Gasteiger partial charge in [0.05, 0.1) is 11.7 Å². The molecule has 100 valence electrons. The van der Waals surface area contributed by atoms with E-state index in [4.69, 9.17) is 0 Å². The van der Waals surface area contributed by atoms with E-state index in [2.05, 4.69) is 10.5 Å². The van der Waals surface area contributed by atoms with Crippen LogP contribution >= 0.6 is 0 Å². The van der Waals surface area contributed by atoms with Crippen LogP contribution in [0.4, 0.5) is 5.69 Å². The quantitative estimate of drug-likeness (QED) is 0.665. The van der Waals surface area contributed by atoms with Gasteiger partial charge in [-0.2, -0.15) is 5.10 Å². The molecule has 2 rings (SSSR count). The second-order valence-electron chi connectivity index (χ2n) is 4.02. The zero-order valence-corrected chi connectivity index (χ0v) is 10.7. The first-order chi connectivity index (χ1) is 9.75. The second-order valence-corrected chi connectivity index (χ2v) is 4.02. The van der Waals surface area contributed by atoms with Crippen molar-refractivity contribution in [1.82, 2.24) is 0 Å². The van der Waals surface area contributed by atoms with Crippen LogP contribution in [0.3, 0.4) is 0 Å². The van der Waals surface area contributed by atoms with Crippen molar-refractivity contribution < 1.29 is 9.90 Å². The number of carboxylic acids is 1. The Morgan fingerprint density at radius 3 is 2.40 bits per heavy atom. The van der Waals surface area contributed by atoms with Crippen molar-refractivity contribution in [1.29, 1.82) is 0 Å². The molecule has 0 aliphatic rings. The lowest BCUT2D eigenvalue weighted by atomic mass is 10.2. The lowest BCUT2D eigenvalue weighted by molar-refractivity contribution is -0.255. The third-order valence-corrected chi connectivity index (χ3v) is 2.56. The molecular formula is C16H13N2O2-. The van der Waals surface area contributed by atoms with Gasteiger partial charge in [0.15, 0.2) is 0 Å². The van der Waals surface area contributed by atoms with Crippen LogP contribution in [0.5, 0.6) is 0 Å². The minimum atomic E-state index is -1.19. The fourth-order valence-electron chi connectivity index (χ4n) is 1.55. The molecule has 0 saturated heterocycles. The molecule has 0 heterocycles. The van der Waals surface area contributed by atoms with Crippen molar-refractivity contribution in [3.05, 3.63) is 71.8 Å². The average molecular weight is 265 g/mol. The Kier molecular flexibility index (Phi) is 4.67. The van der Waals surface area contributed by atoms with Crippen LogP contribution in [0.25, 0.3) is 6.08 Å². The summed E-state index contributed by atoms with van der Waals surface area (Å²) >= 11 is 0. The van der Waals surface area contributed by atoms with Crippen molar-refractivity contribution in [2.75, 3.05) is 5.43 Å². The first kappa shape index (κ1) is 13.5. The highest BCUT2D eigenvalue weighted by Crippen LogP contribution is 2.08. The summed E-state index contributed by atoms with van der Waals surface area (Å²) in [6.07, 6.45) is 5.38. The lowest BCUT2D eigenvalue weighted by Gasteiger charge is -2.03. The highest BCUT2D eigenvalue weighted by atomic mass is 16.4. The number of nitrogens with zero attached hydrogens (tertiary/aromatic N) is 1. The highest BCUT2D eigenvalue weighted by molar-refractivity contribution is 5.86. The Morgan fingerprint density at radius 1 is 1.05 bits per heavy atom. The van der Waals surface area contributed by atoms with E-state index in [0.717, 1.165) is 5.56 Å². The van der Waals surface area contributed by atoms with Gasteiger partial charge in [0.1, 0.15) is 0 Å². The molecule has 0 bridgehead atoms. The van der Waals surface area contributed by atoms with Gasteiger partial charge in [-0.05, 0) is 29.3 Å². The summed E-state index contributed by atoms with van der Waals surface area (Å²) in [5.41, 5.74) is 4.75. The van der Waals surface area contributed by atoms with Gasteiger partial charge in [-0.3, -0.25) is 5.43 Å². The summed E-state index contributed by atoms with van der Waals surface area (Å²) in [7, 11) is 0. The van der Waals surface area contributed by atoms with E-state index < -0.39 is 5.97 Å². The number of rotatable bonds is 5. The van der Waals surface area contributed by atoms with E-state index in [1.54, 1.807) is 18.3 Å². The van der Waals surface area contributed by atoms with Crippen LogP contribution in [0.2, 0.25) is 0 Å². The lowest BCUT2D eigenvalue weighted by Crippen LogP contribution is -2.21. The van der Waals surface area contributed by atoms with Gasteiger partial charge in [-0.15, -0.1) is 0 Å². The molecule has 0 amide bonds. The number of allylic oxidation sites excluding steroid dienone is 1. The van der Waals surface area contributed by atoms with E-state index in [0.29, 0.717) is 5.69 Å². The van der Waals surface area contributed by atoms with Gasteiger partial charge < -0.3 is 9.90 Å². The predicted molar refractivity (Wildman–Crippen MR) is 78.4 cm³/mol. The van der Waals surface area contributed by atoms with Crippen molar-refractivity contribution in [3.8, 4) is 0 Å². The van der Waals surface area contributed by atoms with Crippen LogP contribution in [-0.4, -0.2) is 12.2 Å². The smallest absolute Gasteiger partial charge is 0.0715 e. The molecule has 0 fully saturated rings. The Labute approximate surface area is 117 Å². The molecule has 0 aliphatic heterocycles. The van der Waals surface area contributed by atoms with Crippen molar-refractivity contribution in [2.45, 2.75) is 0 Å². The van der Waals surface area contributed by atoms with E-state index in [1.807, 2.05) is 42.5 Å². The molecule has 20 heavy (non-hydrogen) atoms.